The number of carbonyl (C=O) groups excluding carboxylic acids is 2. The molecule has 2 aliphatic heterocycles. The minimum Gasteiger partial charge on any atom is -0.372 e. The molecule has 1 atom stereocenters. The molecule has 0 spiro atoms. The average molecular weight is 310 g/mol. The van der Waals surface area contributed by atoms with E-state index in [-0.39, 0.29) is 32.8 Å². The molecule has 0 aromatic carbocycles. The maximum absolute atomic E-state index is 14.3. The Hall–Kier alpha value is -2.02. The second-order valence-corrected chi connectivity index (χ2v) is 5.76. The normalized spacial score (nSPS) is 23.2. The van der Waals surface area contributed by atoms with Gasteiger partial charge in [-0.05, 0) is 32.4 Å². The number of nitrogens with zero attached hydrogens (tertiary/aromatic N) is 1. The number of halogens is 1. The Labute approximate surface area is 130 Å². The fourth-order valence-corrected chi connectivity index (χ4v) is 2.96. The van der Waals surface area contributed by atoms with E-state index in [9.17, 15) is 14.0 Å². The van der Waals surface area contributed by atoms with Crippen molar-refractivity contribution >= 4 is 17.5 Å². The van der Waals surface area contributed by atoms with Crippen LogP contribution in [0.3, 0.4) is 0 Å². The maximum atomic E-state index is 14.3. The first-order valence-corrected chi connectivity index (χ1v) is 7.60. The van der Waals surface area contributed by atoms with Crippen molar-refractivity contribution in [3.63, 3.8) is 0 Å². The summed E-state index contributed by atoms with van der Waals surface area (Å²) in [6.07, 6.45) is 4.01. The van der Waals surface area contributed by atoms with Gasteiger partial charge in [0.25, 0.3) is 0 Å². The van der Waals surface area contributed by atoms with Gasteiger partial charge >= 0.3 is 0 Å². The summed E-state index contributed by atoms with van der Waals surface area (Å²) in [4.78, 5) is 27.0. The van der Waals surface area contributed by atoms with Crippen molar-refractivity contribution in [2.24, 2.45) is 0 Å². The second kappa shape index (κ2) is 6.39. The Kier molecular flexibility index (Phi) is 4.33. The molecule has 122 valence electrons. The zero-order chi connectivity index (χ0) is 15.5. The van der Waals surface area contributed by atoms with Crippen molar-refractivity contribution in [3.8, 4) is 0 Å². The van der Waals surface area contributed by atoms with E-state index in [1.807, 2.05) is 0 Å². The zero-order valence-electron chi connectivity index (χ0n) is 12.2. The van der Waals surface area contributed by atoms with E-state index in [0.717, 1.165) is 25.9 Å². The third kappa shape index (κ3) is 3.24. The van der Waals surface area contributed by atoms with Crippen LogP contribution in [0.5, 0.6) is 0 Å². The molecule has 3 rings (SSSR count). The highest BCUT2D eigenvalue weighted by molar-refractivity contribution is 6.01. The molecule has 6 nitrogen and oxygen atoms in total. The van der Waals surface area contributed by atoms with E-state index in [2.05, 4.69) is 20.9 Å². The van der Waals surface area contributed by atoms with Crippen molar-refractivity contribution in [1.82, 2.24) is 15.6 Å². The van der Waals surface area contributed by atoms with Crippen LogP contribution in [0.2, 0.25) is 0 Å². The predicted octanol–water partition coefficient (Wildman–Crippen LogP) is 1.40. The van der Waals surface area contributed by atoms with Gasteiger partial charge in [-0.25, -0.2) is 4.39 Å². The maximum Gasteiger partial charge on any atom is 0.249 e. The van der Waals surface area contributed by atoms with E-state index < -0.39 is 6.04 Å². The van der Waals surface area contributed by atoms with Gasteiger partial charge in [-0.15, -0.1) is 0 Å². The minimum atomic E-state index is -0.524. The third-order valence-corrected chi connectivity index (χ3v) is 4.18. The number of hydrogen-bond acceptors (Lipinski definition) is 5. The number of amides is 2. The molecule has 1 unspecified atom stereocenters. The highest BCUT2D eigenvalue weighted by atomic mass is 19.1. The van der Waals surface area contributed by atoms with E-state index in [1.165, 1.54) is 6.07 Å². The van der Waals surface area contributed by atoms with E-state index in [0.29, 0.717) is 17.8 Å². The fourth-order valence-electron chi connectivity index (χ4n) is 2.96. The fraction of sp³-hybridized carbons (Fsp3) is 0.533. The summed E-state index contributed by atoms with van der Waals surface area (Å²) in [6, 6.07) is 0.859. The highest BCUT2D eigenvalue weighted by Gasteiger charge is 2.27. The molecular formula is C15H23FN4O2. The molecular weight excluding hydrogens is 287 g/mol. The van der Waals surface area contributed by atoms with Gasteiger partial charge in [0.1, 0.15) is 11.9 Å². The Balaban J connectivity index is 0.00000144. The van der Waals surface area contributed by atoms with Crippen molar-refractivity contribution in [2.45, 2.75) is 37.6 Å². The number of rotatable bonds is 3. The lowest BCUT2D eigenvalue weighted by molar-refractivity contribution is -0.133. The molecule has 2 saturated heterocycles. The van der Waals surface area contributed by atoms with Crippen LogP contribution in [-0.2, 0) is 9.59 Å². The van der Waals surface area contributed by atoms with Crippen LogP contribution in [0.25, 0.3) is 0 Å². The predicted molar refractivity (Wildman–Crippen MR) is 83.1 cm³/mol. The van der Waals surface area contributed by atoms with Crippen LogP contribution in [0.15, 0.2) is 12.3 Å². The van der Waals surface area contributed by atoms with Crippen molar-refractivity contribution in [2.75, 3.05) is 18.4 Å². The monoisotopic (exact) mass is 310 g/mol. The molecule has 0 bridgehead atoms. The first-order chi connectivity index (χ1) is 10.6. The smallest absolute Gasteiger partial charge is 0.249 e. The topological polar surface area (TPSA) is 83.1 Å². The molecule has 1 aromatic heterocycles. The molecule has 1 aromatic rings. The molecule has 0 saturated carbocycles. The van der Waals surface area contributed by atoms with E-state index >= 15 is 0 Å². The molecule has 2 fully saturated rings. The first kappa shape index (κ1) is 14.9. The van der Waals surface area contributed by atoms with E-state index in [4.69, 9.17) is 0 Å². The lowest BCUT2D eigenvalue weighted by Crippen LogP contribution is -2.47. The zero-order valence-corrected chi connectivity index (χ0v) is 12.2. The molecule has 2 aliphatic rings. The van der Waals surface area contributed by atoms with Crippen LogP contribution in [0, 0.1) is 5.82 Å². The number of carbonyl (C=O) groups is 2. The molecule has 3 N–H and O–H groups in total. The minimum absolute atomic E-state index is 0. The largest absolute Gasteiger partial charge is 0.372 e. The Morgan fingerprint density at radius 1 is 1.27 bits per heavy atom. The summed E-state index contributed by atoms with van der Waals surface area (Å²) >= 11 is 0. The van der Waals surface area contributed by atoms with Gasteiger partial charge in [-0.3, -0.25) is 19.9 Å². The van der Waals surface area contributed by atoms with Crippen LogP contribution in [-0.4, -0.2) is 35.9 Å². The average Bonchev–Trinajstić information content (AvgIpc) is 2.51. The van der Waals surface area contributed by atoms with Gasteiger partial charge in [0.15, 0.2) is 0 Å². The number of hydrogen-bond donors (Lipinski definition) is 3. The Morgan fingerprint density at radius 3 is 2.73 bits per heavy atom. The number of anilines is 1. The molecule has 3 heterocycles. The van der Waals surface area contributed by atoms with Crippen LogP contribution in [0.4, 0.5) is 10.1 Å². The second-order valence-electron chi connectivity index (χ2n) is 5.76. The summed E-state index contributed by atoms with van der Waals surface area (Å²) in [5.74, 6) is -0.845. The third-order valence-electron chi connectivity index (χ3n) is 4.18. The van der Waals surface area contributed by atoms with Gasteiger partial charge < -0.3 is 10.6 Å². The number of piperidine rings is 2. The summed E-state index contributed by atoms with van der Waals surface area (Å²) in [6.45, 7) is 1.75. The van der Waals surface area contributed by atoms with Gasteiger partial charge in [0, 0.05) is 21.3 Å². The van der Waals surface area contributed by atoms with Crippen molar-refractivity contribution in [1.29, 1.82) is 0 Å². The summed E-state index contributed by atoms with van der Waals surface area (Å²) in [5, 5.41) is 8.45. The number of pyridine rings is 1. The SMILES string of the molecule is O=C1CCC(Nc2cnc(C3CCNCC3)c(F)c2)C(=O)N1.[HH].[HH]. The summed E-state index contributed by atoms with van der Waals surface area (Å²) < 4.78 is 14.3. The lowest BCUT2D eigenvalue weighted by Gasteiger charge is -2.24. The quantitative estimate of drug-likeness (QED) is 0.735. The summed E-state index contributed by atoms with van der Waals surface area (Å²) in [5.41, 5.74) is 0.958. The standard InChI is InChI=1S/C15H19FN4O2.2H2/c16-11-7-10(19-12-1-2-13(21)20-15(12)22)8-18-14(11)9-3-5-17-6-4-9;;/h7-9,12,17,19H,1-6H2,(H,20,21,22);2*1H. The molecule has 2 amide bonds. The number of nitrogens with one attached hydrogen (secondary N) is 3. The molecule has 22 heavy (non-hydrogen) atoms. The summed E-state index contributed by atoms with van der Waals surface area (Å²) in [7, 11) is 0. The van der Waals surface area contributed by atoms with Gasteiger partial charge in [0.2, 0.25) is 11.8 Å². The van der Waals surface area contributed by atoms with Crippen molar-refractivity contribution < 1.29 is 16.8 Å². The lowest BCUT2D eigenvalue weighted by atomic mass is 9.94. The van der Waals surface area contributed by atoms with Crippen LogP contribution < -0.4 is 16.0 Å². The number of imide groups is 1. The van der Waals surface area contributed by atoms with Gasteiger partial charge in [0.05, 0.1) is 17.6 Å². The molecule has 7 heteroatoms. The molecule has 0 aliphatic carbocycles. The molecule has 0 radical (unpaired) electrons. The Bertz CT molecular complexity index is 597. The number of aromatic nitrogens is 1. The first-order valence-electron chi connectivity index (χ1n) is 7.60. The highest BCUT2D eigenvalue weighted by Crippen LogP contribution is 2.27. The Morgan fingerprint density at radius 2 is 2.05 bits per heavy atom. The van der Waals surface area contributed by atoms with Crippen molar-refractivity contribution in [3.05, 3.63) is 23.8 Å². The van der Waals surface area contributed by atoms with Crippen LogP contribution in [0.1, 0.15) is 40.1 Å². The van der Waals surface area contributed by atoms with Crippen LogP contribution >= 0.6 is 0 Å². The van der Waals surface area contributed by atoms with Gasteiger partial charge in [-0.1, -0.05) is 0 Å². The van der Waals surface area contributed by atoms with E-state index in [1.54, 1.807) is 6.20 Å². The van der Waals surface area contributed by atoms with Gasteiger partial charge in [-0.2, -0.15) is 0 Å².